The SMILES string of the molecule is C1=CN(CCOc2ccc(OCCc3ccccc3)cc2)Cc2nc[nH]c21. The molecule has 0 fully saturated rings. The van der Waals surface area contributed by atoms with Crippen molar-refractivity contribution in [2.75, 3.05) is 19.8 Å². The van der Waals surface area contributed by atoms with Gasteiger partial charge in [-0.2, -0.15) is 0 Å². The first-order valence-electron chi connectivity index (χ1n) is 9.21. The first-order chi connectivity index (χ1) is 13.4. The van der Waals surface area contributed by atoms with E-state index in [2.05, 4.69) is 45.3 Å². The molecule has 0 atom stereocenters. The van der Waals surface area contributed by atoms with E-state index in [1.807, 2.05) is 36.4 Å². The zero-order chi connectivity index (χ0) is 18.3. The number of H-pyrrole nitrogens is 1. The predicted molar refractivity (Wildman–Crippen MR) is 106 cm³/mol. The van der Waals surface area contributed by atoms with Crippen LogP contribution in [0.25, 0.3) is 6.08 Å². The van der Waals surface area contributed by atoms with E-state index in [-0.39, 0.29) is 0 Å². The number of rotatable bonds is 8. The normalized spacial score (nSPS) is 12.7. The maximum Gasteiger partial charge on any atom is 0.119 e. The highest BCUT2D eigenvalue weighted by atomic mass is 16.5. The van der Waals surface area contributed by atoms with Crippen molar-refractivity contribution in [2.24, 2.45) is 0 Å². The van der Waals surface area contributed by atoms with Gasteiger partial charge in [0.15, 0.2) is 0 Å². The highest BCUT2D eigenvalue weighted by Crippen LogP contribution is 2.19. The molecule has 1 aromatic heterocycles. The number of imidazole rings is 1. The number of nitrogens with zero attached hydrogens (tertiary/aromatic N) is 2. The molecule has 3 aromatic rings. The number of benzene rings is 2. The fourth-order valence-corrected chi connectivity index (χ4v) is 3.03. The van der Waals surface area contributed by atoms with Crippen LogP contribution < -0.4 is 9.47 Å². The molecule has 2 aromatic carbocycles. The minimum absolute atomic E-state index is 0.623. The van der Waals surface area contributed by atoms with Crippen LogP contribution in [-0.2, 0) is 13.0 Å². The van der Waals surface area contributed by atoms with Gasteiger partial charge in [0.05, 0.1) is 37.4 Å². The highest BCUT2D eigenvalue weighted by Gasteiger charge is 2.12. The average Bonchev–Trinajstić information content (AvgIpc) is 3.18. The van der Waals surface area contributed by atoms with Crippen molar-refractivity contribution in [2.45, 2.75) is 13.0 Å². The number of ether oxygens (including phenoxy) is 2. The fourth-order valence-electron chi connectivity index (χ4n) is 3.03. The van der Waals surface area contributed by atoms with E-state index < -0.39 is 0 Å². The largest absolute Gasteiger partial charge is 0.493 e. The number of aromatic amines is 1. The molecule has 0 radical (unpaired) electrons. The molecule has 0 saturated carbocycles. The molecule has 5 heteroatoms. The maximum absolute atomic E-state index is 5.85. The Morgan fingerprint density at radius 2 is 1.67 bits per heavy atom. The molecule has 27 heavy (non-hydrogen) atoms. The lowest BCUT2D eigenvalue weighted by molar-refractivity contribution is 0.248. The Morgan fingerprint density at radius 3 is 2.44 bits per heavy atom. The summed E-state index contributed by atoms with van der Waals surface area (Å²) in [6.07, 6.45) is 6.76. The summed E-state index contributed by atoms with van der Waals surface area (Å²) in [5, 5.41) is 0. The predicted octanol–water partition coefficient (Wildman–Crippen LogP) is 3.90. The molecule has 0 spiro atoms. The van der Waals surface area contributed by atoms with E-state index in [0.717, 1.165) is 42.4 Å². The number of hydrogen-bond donors (Lipinski definition) is 1. The van der Waals surface area contributed by atoms with E-state index in [0.29, 0.717) is 13.2 Å². The number of nitrogens with one attached hydrogen (secondary N) is 1. The maximum atomic E-state index is 5.85. The molecule has 0 saturated heterocycles. The number of aromatic nitrogens is 2. The Bertz CT molecular complexity index is 872. The van der Waals surface area contributed by atoms with Crippen LogP contribution in [0.5, 0.6) is 11.5 Å². The second-order valence-corrected chi connectivity index (χ2v) is 6.45. The van der Waals surface area contributed by atoms with Gasteiger partial charge in [-0.1, -0.05) is 30.3 Å². The van der Waals surface area contributed by atoms with Crippen LogP contribution in [-0.4, -0.2) is 34.6 Å². The summed E-state index contributed by atoms with van der Waals surface area (Å²) in [6, 6.07) is 18.2. The Labute approximate surface area is 159 Å². The van der Waals surface area contributed by atoms with Gasteiger partial charge in [-0.15, -0.1) is 0 Å². The summed E-state index contributed by atoms with van der Waals surface area (Å²) in [5.41, 5.74) is 3.45. The quantitative estimate of drug-likeness (QED) is 0.661. The molecule has 2 heterocycles. The van der Waals surface area contributed by atoms with Crippen LogP contribution in [0.3, 0.4) is 0 Å². The molecule has 1 N–H and O–H groups in total. The summed E-state index contributed by atoms with van der Waals surface area (Å²) in [5.74, 6) is 1.72. The van der Waals surface area contributed by atoms with Crippen LogP contribution in [0, 0.1) is 0 Å². The molecular formula is C22H23N3O2. The van der Waals surface area contributed by atoms with E-state index in [1.54, 1.807) is 6.33 Å². The van der Waals surface area contributed by atoms with Gasteiger partial charge in [0.25, 0.3) is 0 Å². The van der Waals surface area contributed by atoms with Gasteiger partial charge < -0.3 is 19.4 Å². The van der Waals surface area contributed by atoms with Gasteiger partial charge in [-0.25, -0.2) is 4.98 Å². The smallest absolute Gasteiger partial charge is 0.119 e. The lowest BCUT2D eigenvalue weighted by Crippen LogP contribution is -2.25. The first kappa shape index (κ1) is 17.2. The first-order valence-corrected chi connectivity index (χ1v) is 9.21. The second-order valence-electron chi connectivity index (χ2n) is 6.45. The van der Waals surface area contributed by atoms with Gasteiger partial charge in [0.1, 0.15) is 18.1 Å². The summed E-state index contributed by atoms with van der Waals surface area (Å²) in [4.78, 5) is 9.64. The van der Waals surface area contributed by atoms with Gasteiger partial charge >= 0.3 is 0 Å². The second kappa shape index (κ2) is 8.45. The summed E-state index contributed by atoms with van der Waals surface area (Å²) >= 11 is 0. The van der Waals surface area contributed by atoms with Crippen LogP contribution in [0.2, 0.25) is 0 Å². The minimum Gasteiger partial charge on any atom is -0.493 e. The third-order valence-corrected chi connectivity index (χ3v) is 4.53. The zero-order valence-electron chi connectivity index (χ0n) is 15.2. The Kier molecular flexibility index (Phi) is 5.39. The third kappa shape index (κ3) is 4.70. The molecule has 138 valence electrons. The van der Waals surface area contributed by atoms with Crippen molar-refractivity contribution in [3.63, 3.8) is 0 Å². The Hall–Kier alpha value is -3.21. The van der Waals surface area contributed by atoms with Crippen molar-refractivity contribution in [1.29, 1.82) is 0 Å². The van der Waals surface area contributed by atoms with Crippen LogP contribution in [0.1, 0.15) is 17.0 Å². The molecule has 1 aliphatic heterocycles. The molecular weight excluding hydrogens is 338 g/mol. The molecule has 0 bridgehead atoms. The molecule has 4 rings (SSSR count). The van der Waals surface area contributed by atoms with Crippen LogP contribution in [0.15, 0.2) is 67.1 Å². The topological polar surface area (TPSA) is 50.4 Å². The Morgan fingerprint density at radius 1 is 0.926 bits per heavy atom. The van der Waals surface area contributed by atoms with E-state index in [4.69, 9.17) is 9.47 Å². The summed E-state index contributed by atoms with van der Waals surface area (Å²) in [7, 11) is 0. The molecule has 0 aliphatic carbocycles. The average molecular weight is 361 g/mol. The van der Waals surface area contributed by atoms with Crippen LogP contribution in [0.4, 0.5) is 0 Å². The highest BCUT2D eigenvalue weighted by molar-refractivity contribution is 5.49. The molecule has 0 unspecified atom stereocenters. The molecule has 1 aliphatic rings. The molecule has 5 nitrogen and oxygen atoms in total. The number of hydrogen-bond acceptors (Lipinski definition) is 4. The van der Waals surface area contributed by atoms with Gasteiger partial charge in [0.2, 0.25) is 0 Å². The Balaban J connectivity index is 1.18. The van der Waals surface area contributed by atoms with Gasteiger partial charge in [-0.3, -0.25) is 0 Å². The van der Waals surface area contributed by atoms with Crippen molar-refractivity contribution in [3.8, 4) is 11.5 Å². The van der Waals surface area contributed by atoms with E-state index in [9.17, 15) is 0 Å². The zero-order valence-corrected chi connectivity index (χ0v) is 15.2. The van der Waals surface area contributed by atoms with E-state index in [1.165, 1.54) is 5.56 Å². The van der Waals surface area contributed by atoms with Crippen molar-refractivity contribution < 1.29 is 9.47 Å². The van der Waals surface area contributed by atoms with Gasteiger partial charge in [0, 0.05) is 12.6 Å². The van der Waals surface area contributed by atoms with Crippen molar-refractivity contribution >= 4 is 6.08 Å². The lowest BCUT2D eigenvalue weighted by atomic mass is 10.2. The van der Waals surface area contributed by atoms with Crippen molar-refractivity contribution in [3.05, 3.63) is 84.1 Å². The van der Waals surface area contributed by atoms with Crippen molar-refractivity contribution in [1.82, 2.24) is 14.9 Å². The standard InChI is InChI=1S/C22H23N3O2/c1-2-4-18(5-3-1)11-14-26-19-6-8-20(9-7-19)27-15-13-25-12-10-21-22(16-25)24-17-23-21/h1-10,12,17H,11,13-16H2,(H,23,24). The lowest BCUT2D eigenvalue weighted by Gasteiger charge is -2.22. The summed E-state index contributed by atoms with van der Waals surface area (Å²) < 4.78 is 11.7. The number of fused-ring (bicyclic) bond motifs is 1. The van der Waals surface area contributed by atoms with Crippen LogP contribution >= 0.6 is 0 Å². The van der Waals surface area contributed by atoms with Gasteiger partial charge in [-0.05, 0) is 35.9 Å². The third-order valence-electron chi connectivity index (χ3n) is 4.53. The molecule has 0 amide bonds. The minimum atomic E-state index is 0.623. The van der Waals surface area contributed by atoms with E-state index >= 15 is 0 Å². The monoisotopic (exact) mass is 361 g/mol. The fraction of sp³-hybridized carbons (Fsp3) is 0.227. The summed E-state index contributed by atoms with van der Waals surface area (Å²) in [6.45, 7) is 2.92.